The van der Waals surface area contributed by atoms with Crippen molar-refractivity contribution >= 4 is 23.2 Å². The Morgan fingerprint density at radius 1 is 1.21 bits per heavy atom. The first-order valence-corrected chi connectivity index (χ1v) is 7.69. The van der Waals surface area contributed by atoms with Crippen LogP contribution in [0.25, 0.3) is 0 Å². The van der Waals surface area contributed by atoms with Gasteiger partial charge in [0.2, 0.25) is 0 Å². The van der Waals surface area contributed by atoms with Gasteiger partial charge in [-0.2, -0.15) is 0 Å². The van der Waals surface area contributed by atoms with E-state index in [0.717, 1.165) is 43.7 Å². The van der Waals surface area contributed by atoms with E-state index < -0.39 is 0 Å². The van der Waals surface area contributed by atoms with E-state index in [1.807, 2.05) is 6.07 Å². The first-order chi connectivity index (χ1) is 9.08. The van der Waals surface area contributed by atoms with E-state index in [-0.39, 0.29) is 6.10 Å². The Labute approximate surface area is 126 Å². The molecule has 0 fully saturated rings. The zero-order valence-electron chi connectivity index (χ0n) is 11.9. The third-order valence-electron chi connectivity index (χ3n) is 2.84. The maximum absolute atomic E-state index is 6.25. The van der Waals surface area contributed by atoms with Gasteiger partial charge in [0.15, 0.2) is 0 Å². The van der Waals surface area contributed by atoms with E-state index in [0.29, 0.717) is 10.0 Å². The molecule has 1 atom stereocenters. The fraction of sp³-hybridized carbons (Fsp3) is 0.600. The van der Waals surface area contributed by atoms with Gasteiger partial charge in [-0.3, -0.25) is 0 Å². The molecule has 0 bridgehead atoms. The number of rotatable bonds is 8. The molecule has 108 valence electrons. The molecule has 19 heavy (non-hydrogen) atoms. The summed E-state index contributed by atoms with van der Waals surface area (Å²) in [7, 11) is 0. The fourth-order valence-corrected chi connectivity index (χ4v) is 2.52. The van der Waals surface area contributed by atoms with Crippen molar-refractivity contribution in [2.75, 3.05) is 6.54 Å². The van der Waals surface area contributed by atoms with Crippen molar-refractivity contribution in [2.45, 2.75) is 52.7 Å². The molecule has 0 aliphatic rings. The molecule has 0 spiro atoms. The van der Waals surface area contributed by atoms with Gasteiger partial charge in [0.05, 0.1) is 11.1 Å². The zero-order chi connectivity index (χ0) is 14.3. The predicted molar refractivity (Wildman–Crippen MR) is 83.5 cm³/mol. The lowest BCUT2D eigenvalue weighted by Crippen LogP contribution is -2.17. The maximum atomic E-state index is 6.25. The molecule has 1 rings (SSSR count). The van der Waals surface area contributed by atoms with Crippen molar-refractivity contribution < 1.29 is 4.74 Å². The van der Waals surface area contributed by atoms with Crippen molar-refractivity contribution in [1.29, 1.82) is 0 Å². The van der Waals surface area contributed by atoms with Crippen LogP contribution in [0.1, 0.15) is 45.6 Å². The fourth-order valence-electron chi connectivity index (χ4n) is 1.94. The molecule has 0 aliphatic heterocycles. The summed E-state index contributed by atoms with van der Waals surface area (Å²) >= 11 is 12.3. The number of ether oxygens (including phenoxy) is 1. The molecule has 1 aromatic carbocycles. The second kappa shape index (κ2) is 8.68. The largest absolute Gasteiger partial charge is 0.489 e. The van der Waals surface area contributed by atoms with Gasteiger partial charge in [-0.25, -0.2) is 0 Å². The molecule has 0 aliphatic carbocycles. The summed E-state index contributed by atoms with van der Waals surface area (Å²) in [6.45, 7) is 8.04. The van der Waals surface area contributed by atoms with Gasteiger partial charge < -0.3 is 10.1 Å². The zero-order valence-corrected chi connectivity index (χ0v) is 13.4. The summed E-state index contributed by atoms with van der Waals surface area (Å²) < 4.78 is 5.97. The second-order valence-corrected chi connectivity index (χ2v) is 5.61. The van der Waals surface area contributed by atoms with E-state index in [1.165, 1.54) is 0 Å². The van der Waals surface area contributed by atoms with Gasteiger partial charge in [0, 0.05) is 17.1 Å². The average molecular weight is 304 g/mol. The van der Waals surface area contributed by atoms with Crippen LogP contribution in [0.4, 0.5) is 0 Å². The lowest BCUT2D eigenvalue weighted by molar-refractivity contribution is 0.207. The highest BCUT2D eigenvalue weighted by molar-refractivity contribution is 6.35. The summed E-state index contributed by atoms with van der Waals surface area (Å²) in [4.78, 5) is 0. The van der Waals surface area contributed by atoms with Crippen LogP contribution in [0.15, 0.2) is 12.1 Å². The minimum atomic E-state index is 0.161. The number of benzene rings is 1. The maximum Gasteiger partial charge on any atom is 0.142 e. The summed E-state index contributed by atoms with van der Waals surface area (Å²) in [6, 6.07) is 3.66. The minimum absolute atomic E-state index is 0.161. The predicted octanol–water partition coefficient (Wildman–Crippen LogP) is 5.06. The third kappa shape index (κ3) is 5.60. The van der Waals surface area contributed by atoms with Gasteiger partial charge in [0.1, 0.15) is 5.75 Å². The first-order valence-electron chi connectivity index (χ1n) is 6.93. The number of hydrogen-bond donors (Lipinski definition) is 1. The highest BCUT2D eigenvalue weighted by atomic mass is 35.5. The molecule has 0 amide bonds. The van der Waals surface area contributed by atoms with Gasteiger partial charge in [-0.1, -0.05) is 43.5 Å². The molecule has 0 heterocycles. The molecule has 2 nitrogen and oxygen atoms in total. The summed E-state index contributed by atoms with van der Waals surface area (Å²) in [5.74, 6) is 0.760. The van der Waals surface area contributed by atoms with Gasteiger partial charge in [0.25, 0.3) is 0 Å². The molecule has 0 aromatic heterocycles. The van der Waals surface area contributed by atoms with Crippen molar-refractivity contribution in [3.05, 3.63) is 27.7 Å². The van der Waals surface area contributed by atoms with Crippen LogP contribution in [0.3, 0.4) is 0 Å². The van der Waals surface area contributed by atoms with Crippen LogP contribution in [0, 0.1) is 0 Å². The second-order valence-electron chi connectivity index (χ2n) is 4.77. The summed E-state index contributed by atoms with van der Waals surface area (Å²) in [6.07, 6.45) is 3.36. The Morgan fingerprint density at radius 2 is 1.95 bits per heavy atom. The quantitative estimate of drug-likeness (QED) is 0.678. The standard InChI is InChI=1S/C15H23Cl2NO/c1-4-6-11(3)19-15-12(10-18-7-5-2)8-13(16)9-14(15)17/h8-9,11,18H,4-7,10H2,1-3H3. The van der Waals surface area contributed by atoms with Gasteiger partial charge in [-0.05, 0) is 38.4 Å². The van der Waals surface area contributed by atoms with Crippen molar-refractivity contribution in [3.8, 4) is 5.75 Å². The van der Waals surface area contributed by atoms with Crippen LogP contribution in [-0.2, 0) is 6.54 Å². The van der Waals surface area contributed by atoms with E-state index in [4.69, 9.17) is 27.9 Å². The summed E-state index contributed by atoms with van der Waals surface area (Å²) in [5, 5.41) is 4.59. The Kier molecular flexibility index (Phi) is 7.59. The molecule has 0 saturated carbocycles. The molecular weight excluding hydrogens is 281 g/mol. The van der Waals surface area contributed by atoms with E-state index in [2.05, 4.69) is 26.1 Å². The molecule has 1 unspecified atom stereocenters. The first kappa shape index (κ1) is 16.6. The van der Waals surface area contributed by atoms with E-state index in [1.54, 1.807) is 6.07 Å². The smallest absolute Gasteiger partial charge is 0.142 e. The third-order valence-corrected chi connectivity index (χ3v) is 3.34. The van der Waals surface area contributed by atoms with Crippen LogP contribution in [0.5, 0.6) is 5.75 Å². The summed E-state index contributed by atoms with van der Waals surface area (Å²) in [5.41, 5.74) is 1.02. The van der Waals surface area contributed by atoms with E-state index in [9.17, 15) is 0 Å². The van der Waals surface area contributed by atoms with Crippen LogP contribution in [-0.4, -0.2) is 12.6 Å². The van der Waals surface area contributed by atoms with Crippen molar-refractivity contribution in [3.63, 3.8) is 0 Å². The Hall–Kier alpha value is -0.440. The Morgan fingerprint density at radius 3 is 2.58 bits per heavy atom. The van der Waals surface area contributed by atoms with Crippen LogP contribution >= 0.6 is 23.2 Å². The van der Waals surface area contributed by atoms with Crippen LogP contribution in [0.2, 0.25) is 10.0 Å². The Bertz CT molecular complexity index is 396. The minimum Gasteiger partial charge on any atom is -0.489 e. The molecule has 0 radical (unpaired) electrons. The number of nitrogens with one attached hydrogen (secondary N) is 1. The monoisotopic (exact) mass is 303 g/mol. The number of hydrogen-bond acceptors (Lipinski definition) is 2. The lowest BCUT2D eigenvalue weighted by Gasteiger charge is -2.19. The topological polar surface area (TPSA) is 21.3 Å². The molecule has 1 aromatic rings. The number of halogens is 2. The normalized spacial score (nSPS) is 12.5. The molecule has 0 saturated heterocycles. The van der Waals surface area contributed by atoms with E-state index >= 15 is 0 Å². The molecule has 1 N–H and O–H groups in total. The average Bonchev–Trinajstić information content (AvgIpc) is 2.34. The highest BCUT2D eigenvalue weighted by Gasteiger charge is 2.13. The van der Waals surface area contributed by atoms with Gasteiger partial charge >= 0.3 is 0 Å². The van der Waals surface area contributed by atoms with Gasteiger partial charge in [-0.15, -0.1) is 0 Å². The van der Waals surface area contributed by atoms with Crippen LogP contribution < -0.4 is 10.1 Å². The van der Waals surface area contributed by atoms with Crippen molar-refractivity contribution in [1.82, 2.24) is 5.32 Å². The lowest BCUT2D eigenvalue weighted by atomic mass is 10.1. The highest BCUT2D eigenvalue weighted by Crippen LogP contribution is 2.33. The Balaban J connectivity index is 2.86. The SMILES string of the molecule is CCCNCc1cc(Cl)cc(Cl)c1OC(C)CCC. The molecule has 4 heteroatoms. The van der Waals surface area contributed by atoms with Crippen molar-refractivity contribution in [2.24, 2.45) is 0 Å². The molecular formula is C15H23Cl2NO.